The van der Waals surface area contributed by atoms with E-state index in [1.54, 1.807) is 16.2 Å². The molecule has 0 radical (unpaired) electrons. The summed E-state index contributed by atoms with van der Waals surface area (Å²) in [7, 11) is 0. The summed E-state index contributed by atoms with van der Waals surface area (Å²) in [6, 6.07) is 9.58. The fourth-order valence-electron chi connectivity index (χ4n) is 5.18. The van der Waals surface area contributed by atoms with E-state index in [4.69, 9.17) is 9.47 Å². The summed E-state index contributed by atoms with van der Waals surface area (Å²) >= 11 is 1.60. The molecule has 3 aliphatic rings. The van der Waals surface area contributed by atoms with E-state index in [0.29, 0.717) is 42.6 Å². The zero-order chi connectivity index (χ0) is 21.9. The standard InChI is InChI=1S/C24H25N3O4S/c1-24(23(29)25-16-4-2-3-5-16)14-26-18(12-15-8-11-32-22(15)26)21(28)27(24)17-6-7-19-20(13-17)31-10-9-30-19/h6-8,11-13,16H,2-5,9-10,14H2,1H3,(H,25,29). The van der Waals surface area contributed by atoms with Crippen molar-refractivity contribution in [3.63, 3.8) is 0 Å². The van der Waals surface area contributed by atoms with E-state index < -0.39 is 5.54 Å². The van der Waals surface area contributed by atoms with Gasteiger partial charge in [-0.3, -0.25) is 14.5 Å². The minimum absolute atomic E-state index is 0.114. The van der Waals surface area contributed by atoms with Crippen molar-refractivity contribution in [2.45, 2.75) is 50.7 Å². The zero-order valence-electron chi connectivity index (χ0n) is 17.9. The van der Waals surface area contributed by atoms with Crippen molar-refractivity contribution in [1.82, 2.24) is 9.88 Å². The van der Waals surface area contributed by atoms with Crippen LogP contribution >= 0.6 is 11.3 Å². The van der Waals surface area contributed by atoms with Gasteiger partial charge in [-0.1, -0.05) is 12.8 Å². The van der Waals surface area contributed by atoms with E-state index in [1.807, 2.05) is 47.2 Å². The Morgan fingerprint density at radius 1 is 1.12 bits per heavy atom. The first-order valence-electron chi connectivity index (χ1n) is 11.2. The van der Waals surface area contributed by atoms with E-state index in [9.17, 15) is 9.59 Å². The quantitative estimate of drug-likeness (QED) is 0.655. The number of thiophene rings is 1. The van der Waals surface area contributed by atoms with Gasteiger partial charge in [0.25, 0.3) is 5.91 Å². The maximum Gasteiger partial charge on any atom is 0.275 e. The summed E-state index contributed by atoms with van der Waals surface area (Å²) in [6.45, 7) is 3.23. The number of anilines is 1. The van der Waals surface area contributed by atoms with Crippen LogP contribution in [0.15, 0.2) is 35.7 Å². The van der Waals surface area contributed by atoms with Crippen LogP contribution in [0.25, 0.3) is 10.2 Å². The van der Waals surface area contributed by atoms with E-state index in [1.165, 1.54) is 0 Å². The van der Waals surface area contributed by atoms with Gasteiger partial charge in [-0.05, 0) is 49.4 Å². The van der Waals surface area contributed by atoms with Crippen molar-refractivity contribution < 1.29 is 19.1 Å². The first kappa shape index (κ1) is 19.7. The third kappa shape index (κ3) is 2.92. The number of fused-ring (bicyclic) bond motifs is 4. The molecule has 4 heterocycles. The Bertz CT molecular complexity index is 1230. The molecule has 7 nitrogen and oxygen atoms in total. The summed E-state index contributed by atoms with van der Waals surface area (Å²) < 4.78 is 13.4. The molecule has 1 aromatic carbocycles. The number of nitrogens with zero attached hydrogens (tertiary/aromatic N) is 2. The number of benzene rings is 1. The van der Waals surface area contributed by atoms with E-state index in [-0.39, 0.29) is 17.9 Å². The highest BCUT2D eigenvalue weighted by Crippen LogP contribution is 2.41. The van der Waals surface area contributed by atoms with Crippen LogP contribution in [0.2, 0.25) is 0 Å². The predicted octanol–water partition coefficient (Wildman–Crippen LogP) is 3.95. The number of hydrogen-bond acceptors (Lipinski definition) is 5. The molecule has 0 spiro atoms. The van der Waals surface area contributed by atoms with Gasteiger partial charge in [-0.15, -0.1) is 11.3 Å². The Balaban J connectivity index is 1.46. The summed E-state index contributed by atoms with van der Waals surface area (Å²) in [5, 5.41) is 6.29. The lowest BCUT2D eigenvalue weighted by Crippen LogP contribution is -2.65. The highest BCUT2D eigenvalue weighted by molar-refractivity contribution is 7.16. The van der Waals surface area contributed by atoms with Crippen molar-refractivity contribution in [3.05, 3.63) is 41.4 Å². The molecule has 166 valence electrons. The van der Waals surface area contributed by atoms with Gasteiger partial charge < -0.3 is 19.4 Å². The number of rotatable bonds is 3. The molecule has 0 bridgehead atoms. The molecule has 2 aliphatic heterocycles. The monoisotopic (exact) mass is 451 g/mol. The Morgan fingerprint density at radius 3 is 2.72 bits per heavy atom. The predicted molar refractivity (Wildman–Crippen MR) is 123 cm³/mol. The first-order chi connectivity index (χ1) is 15.5. The molecule has 0 saturated heterocycles. The Kier molecular flexibility index (Phi) is 4.47. The third-order valence-corrected chi connectivity index (χ3v) is 7.80. The third-order valence-electron chi connectivity index (χ3n) is 6.85. The summed E-state index contributed by atoms with van der Waals surface area (Å²) in [4.78, 5) is 30.3. The van der Waals surface area contributed by atoms with Crippen molar-refractivity contribution in [2.75, 3.05) is 18.1 Å². The number of carbonyl (C=O) groups is 2. The number of aromatic nitrogens is 1. The number of nitrogens with one attached hydrogen (secondary N) is 1. The van der Waals surface area contributed by atoms with Crippen LogP contribution in [0.4, 0.5) is 5.69 Å². The minimum atomic E-state index is -1.08. The number of carbonyl (C=O) groups excluding carboxylic acids is 2. The highest BCUT2D eigenvalue weighted by atomic mass is 32.1. The summed E-state index contributed by atoms with van der Waals surface area (Å²) in [5.41, 5.74) is 0.166. The normalized spacial score (nSPS) is 22.9. The van der Waals surface area contributed by atoms with Crippen LogP contribution in [0, 0.1) is 0 Å². The van der Waals surface area contributed by atoms with Crippen molar-refractivity contribution >= 4 is 39.1 Å². The Morgan fingerprint density at radius 2 is 1.91 bits per heavy atom. The van der Waals surface area contributed by atoms with Crippen molar-refractivity contribution in [1.29, 1.82) is 0 Å². The molecule has 1 saturated carbocycles. The van der Waals surface area contributed by atoms with Crippen LogP contribution in [0.5, 0.6) is 11.5 Å². The average Bonchev–Trinajstić information content (AvgIpc) is 3.53. The van der Waals surface area contributed by atoms with Crippen molar-refractivity contribution in [3.8, 4) is 11.5 Å². The molecular weight excluding hydrogens is 426 g/mol. The molecular formula is C24H25N3O4S. The smallest absolute Gasteiger partial charge is 0.275 e. The molecule has 1 aliphatic carbocycles. The van der Waals surface area contributed by atoms with Crippen LogP contribution in [-0.4, -0.2) is 41.2 Å². The van der Waals surface area contributed by atoms with Crippen LogP contribution < -0.4 is 19.7 Å². The molecule has 1 atom stereocenters. The van der Waals surface area contributed by atoms with Gasteiger partial charge in [0.15, 0.2) is 11.5 Å². The second-order valence-corrected chi connectivity index (χ2v) is 9.89. The lowest BCUT2D eigenvalue weighted by atomic mass is 9.93. The van der Waals surface area contributed by atoms with Crippen LogP contribution in [0.1, 0.15) is 43.1 Å². The largest absolute Gasteiger partial charge is 0.486 e. The zero-order valence-corrected chi connectivity index (χ0v) is 18.7. The molecule has 1 unspecified atom stereocenters. The van der Waals surface area contributed by atoms with Gasteiger partial charge in [0.2, 0.25) is 5.91 Å². The fourth-order valence-corrected chi connectivity index (χ4v) is 6.08. The number of amides is 2. The molecule has 3 aromatic rings. The topological polar surface area (TPSA) is 72.8 Å². The molecule has 8 heteroatoms. The fraction of sp³-hybridized carbons (Fsp3) is 0.417. The number of ether oxygens (including phenoxy) is 2. The second-order valence-electron chi connectivity index (χ2n) is 8.99. The molecule has 2 aromatic heterocycles. The second kappa shape index (κ2) is 7.27. The molecule has 32 heavy (non-hydrogen) atoms. The van der Waals surface area contributed by atoms with Gasteiger partial charge in [-0.25, -0.2) is 0 Å². The average molecular weight is 452 g/mol. The summed E-state index contributed by atoms with van der Waals surface area (Å²) in [6.07, 6.45) is 4.24. The maximum atomic E-state index is 13.9. The molecule has 1 fully saturated rings. The van der Waals surface area contributed by atoms with Gasteiger partial charge in [0.1, 0.15) is 29.3 Å². The van der Waals surface area contributed by atoms with E-state index >= 15 is 0 Å². The van der Waals surface area contributed by atoms with E-state index in [0.717, 1.165) is 35.9 Å². The SMILES string of the molecule is CC1(C(=O)NC2CCCC2)Cn2c(cc3ccsc32)C(=O)N1c1ccc2c(c1)OCCO2. The van der Waals surface area contributed by atoms with Gasteiger partial charge >= 0.3 is 0 Å². The van der Waals surface area contributed by atoms with Gasteiger partial charge in [0.05, 0.1) is 6.54 Å². The molecule has 6 rings (SSSR count). The van der Waals surface area contributed by atoms with Crippen LogP contribution in [0.3, 0.4) is 0 Å². The van der Waals surface area contributed by atoms with E-state index in [2.05, 4.69) is 5.32 Å². The molecule has 1 N–H and O–H groups in total. The Labute approximate surface area is 189 Å². The highest BCUT2D eigenvalue weighted by Gasteiger charge is 2.49. The minimum Gasteiger partial charge on any atom is -0.486 e. The van der Waals surface area contributed by atoms with Gasteiger partial charge in [-0.2, -0.15) is 0 Å². The van der Waals surface area contributed by atoms with Crippen LogP contribution in [-0.2, 0) is 11.3 Å². The lowest BCUT2D eigenvalue weighted by molar-refractivity contribution is -0.127. The Hall–Kier alpha value is -3.00. The maximum absolute atomic E-state index is 13.9. The van der Waals surface area contributed by atoms with Gasteiger partial charge in [0, 0.05) is 23.2 Å². The molecule has 2 amide bonds. The first-order valence-corrected chi connectivity index (χ1v) is 12.0. The number of hydrogen-bond donors (Lipinski definition) is 1. The van der Waals surface area contributed by atoms with Crippen molar-refractivity contribution in [2.24, 2.45) is 0 Å². The summed E-state index contributed by atoms with van der Waals surface area (Å²) in [5.74, 6) is 0.963. The lowest BCUT2D eigenvalue weighted by Gasteiger charge is -2.44.